The van der Waals surface area contributed by atoms with E-state index in [1.165, 1.54) is 19.1 Å². The van der Waals surface area contributed by atoms with Crippen molar-refractivity contribution in [1.29, 1.82) is 0 Å². The van der Waals surface area contributed by atoms with Gasteiger partial charge in [0.05, 0.1) is 4.92 Å². The summed E-state index contributed by atoms with van der Waals surface area (Å²) in [4.78, 5) is 22.4. The molecule has 1 rings (SSSR count). The first-order valence-corrected chi connectivity index (χ1v) is 6.26. The largest absolute Gasteiger partial charge is 0.405 e. The van der Waals surface area contributed by atoms with Gasteiger partial charge in [-0.15, -0.1) is 0 Å². The molecule has 0 heterocycles. The first kappa shape index (κ1) is 16.9. The summed E-state index contributed by atoms with van der Waals surface area (Å²) in [5.74, 6) is -0.387. The van der Waals surface area contributed by atoms with Crippen molar-refractivity contribution in [2.24, 2.45) is 0 Å². The van der Waals surface area contributed by atoms with E-state index in [0.717, 1.165) is 11.0 Å². The van der Waals surface area contributed by atoms with E-state index in [2.05, 4.69) is 0 Å². The highest BCUT2D eigenvalue weighted by Gasteiger charge is 2.33. The minimum atomic E-state index is -4.47. The highest BCUT2D eigenvalue weighted by Crippen LogP contribution is 2.32. The fraction of sp³-hybridized carbons (Fsp3) is 0.462. The van der Waals surface area contributed by atoms with Crippen molar-refractivity contribution in [3.8, 4) is 0 Å². The van der Waals surface area contributed by atoms with Gasteiger partial charge in [-0.05, 0) is 25.5 Å². The number of nitro groups is 1. The van der Waals surface area contributed by atoms with Gasteiger partial charge in [-0.2, -0.15) is 13.2 Å². The molecular weight excluding hydrogens is 289 g/mol. The fourth-order valence-corrected chi connectivity index (χ4v) is 1.93. The number of halogens is 3. The smallest absolute Gasteiger partial charge is 0.357 e. The molecule has 5 nitrogen and oxygen atoms in total. The molecule has 0 aliphatic rings. The van der Waals surface area contributed by atoms with Crippen LogP contribution in [0, 0.1) is 10.1 Å². The van der Waals surface area contributed by atoms with E-state index in [1.54, 1.807) is 6.92 Å². The zero-order valence-corrected chi connectivity index (χ0v) is 11.6. The lowest BCUT2D eigenvalue weighted by Crippen LogP contribution is -2.35. The second-order valence-corrected chi connectivity index (χ2v) is 4.55. The molecular formula is C13H15F3N2O3. The van der Waals surface area contributed by atoms with Crippen molar-refractivity contribution in [2.45, 2.75) is 26.4 Å². The lowest BCUT2D eigenvalue weighted by Gasteiger charge is -2.25. The lowest BCUT2D eigenvalue weighted by atomic mass is 10.1. The minimum absolute atomic E-state index is 0.0275. The van der Waals surface area contributed by atoms with Crippen LogP contribution >= 0.6 is 0 Å². The monoisotopic (exact) mass is 304 g/mol. The van der Waals surface area contributed by atoms with E-state index in [9.17, 15) is 28.1 Å². The molecule has 0 aliphatic heterocycles. The number of ketones is 1. The standard InChI is InChI=1S/C13H15F3N2O3/c1-3-6-17(8-13(14,15)16)11-5-4-10(9(2)19)7-12(11)18(20)21/h4-5,7H,3,6,8H2,1-2H3. The van der Waals surface area contributed by atoms with Crippen LogP contribution in [-0.4, -0.2) is 30.0 Å². The van der Waals surface area contributed by atoms with Crippen LogP contribution < -0.4 is 4.90 Å². The molecule has 0 atom stereocenters. The number of hydrogen-bond acceptors (Lipinski definition) is 4. The molecule has 0 fully saturated rings. The maximum absolute atomic E-state index is 12.6. The fourth-order valence-electron chi connectivity index (χ4n) is 1.93. The highest BCUT2D eigenvalue weighted by atomic mass is 19.4. The zero-order valence-electron chi connectivity index (χ0n) is 11.6. The van der Waals surface area contributed by atoms with Crippen molar-refractivity contribution < 1.29 is 22.9 Å². The van der Waals surface area contributed by atoms with Gasteiger partial charge in [0.25, 0.3) is 5.69 Å². The zero-order chi connectivity index (χ0) is 16.2. The Bertz CT molecular complexity index is 544. The van der Waals surface area contributed by atoms with Crippen molar-refractivity contribution in [1.82, 2.24) is 0 Å². The number of hydrogen-bond donors (Lipinski definition) is 0. The van der Waals surface area contributed by atoms with Gasteiger partial charge in [0.1, 0.15) is 12.2 Å². The predicted octanol–water partition coefficient (Wildman–Crippen LogP) is 3.58. The Balaban J connectivity index is 3.29. The van der Waals surface area contributed by atoms with Gasteiger partial charge in [0, 0.05) is 18.2 Å². The first-order chi connectivity index (χ1) is 9.65. The molecule has 21 heavy (non-hydrogen) atoms. The normalized spacial score (nSPS) is 11.3. The maximum atomic E-state index is 12.6. The second kappa shape index (κ2) is 6.55. The van der Waals surface area contributed by atoms with E-state index in [1.807, 2.05) is 0 Å². The topological polar surface area (TPSA) is 63.5 Å². The van der Waals surface area contributed by atoms with Crippen LogP contribution in [0.25, 0.3) is 0 Å². The van der Waals surface area contributed by atoms with Crippen molar-refractivity contribution >= 4 is 17.2 Å². The van der Waals surface area contributed by atoms with Crippen LogP contribution in [-0.2, 0) is 0 Å². The Labute approximate surface area is 119 Å². The number of carbonyl (C=O) groups excluding carboxylic acids is 1. The summed E-state index contributed by atoms with van der Waals surface area (Å²) in [6.07, 6.45) is -4.07. The molecule has 0 amide bonds. The summed E-state index contributed by atoms with van der Waals surface area (Å²) >= 11 is 0. The van der Waals surface area contributed by atoms with Crippen LogP contribution in [0.4, 0.5) is 24.5 Å². The van der Waals surface area contributed by atoms with Gasteiger partial charge < -0.3 is 4.90 Å². The minimum Gasteiger partial charge on any atom is -0.357 e. The molecule has 0 N–H and O–H groups in total. The van der Waals surface area contributed by atoms with E-state index < -0.39 is 23.3 Å². The average molecular weight is 304 g/mol. The quantitative estimate of drug-likeness (QED) is 0.458. The van der Waals surface area contributed by atoms with Gasteiger partial charge in [0.2, 0.25) is 0 Å². The van der Waals surface area contributed by atoms with Gasteiger partial charge in [0.15, 0.2) is 5.78 Å². The van der Waals surface area contributed by atoms with Crippen molar-refractivity contribution in [2.75, 3.05) is 18.0 Å². The van der Waals surface area contributed by atoms with E-state index in [0.29, 0.717) is 6.42 Å². The van der Waals surface area contributed by atoms with Gasteiger partial charge in [-0.25, -0.2) is 0 Å². The summed E-state index contributed by atoms with van der Waals surface area (Å²) in [6, 6.07) is 3.50. The van der Waals surface area contributed by atoms with Crippen molar-refractivity contribution in [3.63, 3.8) is 0 Å². The molecule has 0 aliphatic carbocycles. The van der Waals surface area contributed by atoms with Gasteiger partial charge in [-0.1, -0.05) is 6.92 Å². The van der Waals surface area contributed by atoms with E-state index in [-0.39, 0.29) is 23.6 Å². The molecule has 0 radical (unpaired) electrons. The van der Waals surface area contributed by atoms with Crippen LogP contribution in [0.1, 0.15) is 30.6 Å². The molecule has 116 valence electrons. The second-order valence-electron chi connectivity index (χ2n) is 4.55. The third-order valence-corrected chi connectivity index (χ3v) is 2.78. The molecule has 1 aromatic rings. The molecule has 8 heteroatoms. The van der Waals surface area contributed by atoms with Crippen LogP contribution in [0.15, 0.2) is 18.2 Å². The number of alkyl halides is 3. The number of carbonyl (C=O) groups is 1. The Morgan fingerprint density at radius 1 is 1.38 bits per heavy atom. The summed E-state index contributed by atoms with van der Waals surface area (Å²) in [5.41, 5.74) is -0.543. The van der Waals surface area contributed by atoms with Crippen molar-refractivity contribution in [3.05, 3.63) is 33.9 Å². The number of benzene rings is 1. The van der Waals surface area contributed by atoms with Gasteiger partial charge in [-0.3, -0.25) is 14.9 Å². The molecule has 0 saturated carbocycles. The Morgan fingerprint density at radius 3 is 2.43 bits per heavy atom. The summed E-state index contributed by atoms with van der Waals surface area (Å²) in [5, 5.41) is 11.1. The van der Waals surface area contributed by atoms with Crippen LogP contribution in [0.5, 0.6) is 0 Å². The summed E-state index contributed by atoms with van der Waals surface area (Å²) in [6.45, 7) is 1.66. The molecule has 0 saturated heterocycles. The summed E-state index contributed by atoms with van der Waals surface area (Å²) in [7, 11) is 0. The first-order valence-electron chi connectivity index (χ1n) is 6.26. The maximum Gasteiger partial charge on any atom is 0.405 e. The number of nitrogens with zero attached hydrogens (tertiary/aromatic N) is 2. The third kappa shape index (κ3) is 4.73. The Kier molecular flexibility index (Phi) is 5.28. The Hall–Kier alpha value is -2.12. The number of nitro benzene ring substituents is 1. The van der Waals surface area contributed by atoms with Crippen LogP contribution in [0.2, 0.25) is 0 Å². The highest BCUT2D eigenvalue weighted by molar-refractivity contribution is 5.95. The SMILES string of the molecule is CCCN(CC(F)(F)F)c1ccc(C(C)=O)cc1[N+](=O)[O-]. The van der Waals surface area contributed by atoms with Crippen LogP contribution in [0.3, 0.4) is 0 Å². The lowest BCUT2D eigenvalue weighted by molar-refractivity contribution is -0.384. The van der Waals surface area contributed by atoms with E-state index in [4.69, 9.17) is 0 Å². The van der Waals surface area contributed by atoms with Gasteiger partial charge >= 0.3 is 6.18 Å². The van der Waals surface area contributed by atoms with E-state index >= 15 is 0 Å². The molecule has 0 spiro atoms. The third-order valence-electron chi connectivity index (χ3n) is 2.78. The molecule has 1 aromatic carbocycles. The predicted molar refractivity (Wildman–Crippen MR) is 71.7 cm³/mol. The Morgan fingerprint density at radius 2 is 2.00 bits per heavy atom. The molecule has 0 unspecified atom stereocenters. The number of Topliss-reactive ketones (excluding diaryl/α,β-unsaturated/α-hetero) is 1. The molecule has 0 bridgehead atoms. The summed E-state index contributed by atoms with van der Waals surface area (Å²) < 4.78 is 37.8. The average Bonchev–Trinajstić information content (AvgIpc) is 2.35. The molecule has 0 aromatic heterocycles. The number of anilines is 1. The number of rotatable bonds is 6.